The van der Waals surface area contributed by atoms with Crippen molar-refractivity contribution < 1.29 is 17.9 Å². The fraction of sp³-hybridized carbons (Fsp3) is 0.273. The van der Waals surface area contributed by atoms with Gasteiger partial charge in [0.25, 0.3) is 0 Å². The van der Waals surface area contributed by atoms with Crippen LogP contribution in [-0.4, -0.2) is 13.7 Å². The number of rotatable bonds is 3. The largest absolute Gasteiger partial charge is 0.497 e. The van der Waals surface area contributed by atoms with E-state index in [2.05, 4.69) is 0 Å². The number of nitrogens with two attached hydrogens (primary N) is 1. The van der Waals surface area contributed by atoms with E-state index in [4.69, 9.17) is 10.5 Å². The summed E-state index contributed by atoms with van der Waals surface area (Å²) in [5, 5.41) is 0. The second-order valence-electron chi connectivity index (χ2n) is 3.13. The quantitative estimate of drug-likeness (QED) is 0.868. The molecule has 0 saturated heterocycles. The van der Waals surface area contributed by atoms with Crippen LogP contribution in [0.3, 0.4) is 0 Å². The zero-order valence-electron chi connectivity index (χ0n) is 8.71. The molecule has 2 N–H and O–H groups in total. The maximum absolute atomic E-state index is 12.5. The summed E-state index contributed by atoms with van der Waals surface area (Å²) in [4.78, 5) is 0. The van der Waals surface area contributed by atoms with Crippen LogP contribution in [0.2, 0.25) is 0 Å². The van der Waals surface area contributed by atoms with E-state index in [-0.39, 0.29) is 12.3 Å². The Morgan fingerprint density at radius 1 is 1.31 bits per heavy atom. The Kier molecular flexibility index (Phi) is 3.95. The lowest BCUT2D eigenvalue weighted by Gasteiger charge is -2.09. The van der Waals surface area contributed by atoms with Gasteiger partial charge in [-0.15, -0.1) is 0 Å². The molecule has 0 bridgehead atoms. The molecule has 1 aromatic carbocycles. The summed E-state index contributed by atoms with van der Waals surface area (Å²) in [6, 6.07) is 3.52. The summed E-state index contributed by atoms with van der Waals surface area (Å²) in [5.41, 5.74) is 4.91. The van der Waals surface area contributed by atoms with Gasteiger partial charge in [0.05, 0.1) is 12.7 Å². The third kappa shape index (κ3) is 3.27. The standard InChI is InChI=1S/C11H12F3NO/c1-16-10-6-8(3-2-4-15)5-9(7-10)11(12,13)14/h2-3,5-7H,4,15H2,1H3/b3-2+. The normalized spacial score (nSPS) is 12.1. The summed E-state index contributed by atoms with van der Waals surface area (Å²) in [7, 11) is 1.33. The van der Waals surface area contributed by atoms with E-state index >= 15 is 0 Å². The number of ether oxygens (including phenoxy) is 1. The van der Waals surface area contributed by atoms with Gasteiger partial charge in [-0.3, -0.25) is 0 Å². The molecule has 0 aliphatic rings. The summed E-state index contributed by atoms with van der Waals surface area (Å²) in [5.74, 6) is 0.173. The molecule has 0 amide bonds. The van der Waals surface area contributed by atoms with Gasteiger partial charge in [-0.1, -0.05) is 12.2 Å². The Labute approximate surface area is 91.5 Å². The number of hydrogen-bond donors (Lipinski definition) is 1. The van der Waals surface area contributed by atoms with E-state index in [1.165, 1.54) is 19.3 Å². The van der Waals surface area contributed by atoms with Crippen molar-refractivity contribution in [1.29, 1.82) is 0 Å². The van der Waals surface area contributed by atoms with Gasteiger partial charge in [0.15, 0.2) is 0 Å². The summed E-state index contributed by atoms with van der Waals surface area (Å²) < 4.78 is 42.3. The molecule has 0 fully saturated rings. The van der Waals surface area contributed by atoms with Gasteiger partial charge >= 0.3 is 6.18 Å². The van der Waals surface area contributed by atoms with Gasteiger partial charge in [-0.2, -0.15) is 13.2 Å². The molecule has 0 atom stereocenters. The van der Waals surface area contributed by atoms with Crippen LogP contribution in [0.1, 0.15) is 11.1 Å². The Bertz CT molecular complexity index is 385. The van der Waals surface area contributed by atoms with Gasteiger partial charge < -0.3 is 10.5 Å². The third-order valence-electron chi connectivity index (χ3n) is 1.94. The van der Waals surface area contributed by atoms with Crippen LogP contribution in [0.4, 0.5) is 13.2 Å². The molecular formula is C11H12F3NO. The molecule has 0 aliphatic carbocycles. The summed E-state index contributed by atoms with van der Waals surface area (Å²) in [6.45, 7) is 0.276. The average molecular weight is 231 g/mol. The van der Waals surface area contributed by atoms with Crippen molar-refractivity contribution in [3.05, 3.63) is 35.4 Å². The van der Waals surface area contributed by atoms with E-state index in [0.717, 1.165) is 12.1 Å². The molecule has 1 rings (SSSR count). The Morgan fingerprint density at radius 3 is 2.50 bits per heavy atom. The summed E-state index contributed by atoms with van der Waals surface area (Å²) >= 11 is 0. The van der Waals surface area contributed by atoms with Crippen LogP contribution >= 0.6 is 0 Å². The molecule has 2 nitrogen and oxygen atoms in total. The van der Waals surface area contributed by atoms with Gasteiger partial charge in [0.2, 0.25) is 0 Å². The topological polar surface area (TPSA) is 35.2 Å². The Balaban J connectivity index is 3.16. The van der Waals surface area contributed by atoms with E-state index in [0.29, 0.717) is 5.56 Å². The van der Waals surface area contributed by atoms with Crippen molar-refractivity contribution in [2.75, 3.05) is 13.7 Å². The number of hydrogen-bond acceptors (Lipinski definition) is 2. The van der Waals surface area contributed by atoms with Crippen molar-refractivity contribution in [1.82, 2.24) is 0 Å². The van der Waals surface area contributed by atoms with E-state index in [1.54, 1.807) is 6.08 Å². The number of alkyl halides is 3. The molecule has 0 unspecified atom stereocenters. The monoisotopic (exact) mass is 231 g/mol. The fourth-order valence-corrected chi connectivity index (χ4v) is 1.20. The molecule has 16 heavy (non-hydrogen) atoms. The number of benzene rings is 1. The predicted octanol–water partition coefficient (Wildman–Crippen LogP) is 2.69. The van der Waals surface area contributed by atoms with E-state index in [1.807, 2.05) is 0 Å². The van der Waals surface area contributed by atoms with Crippen LogP contribution in [-0.2, 0) is 6.18 Å². The highest BCUT2D eigenvalue weighted by Crippen LogP contribution is 2.32. The molecule has 0 aromatic heterocycles. The van der Waals surface area contributed by atoms with E-state index in [9.17, 15) is 13.2 Å². The SMILES string of the molecule is COc1cc(/C=C/CN)cc(C(F)(F)F)c1. The molecule has 0 aliphatic heterocycles. The third-order valence-corrected chi connectivity index (χ3v) is 1.94. The first kappa shape index (κ1) is 12.6. The number of methoxy groups -OCH3 is 1. The van der Waals surface area contributed by atoms with Crippen molar-refractivity contribution in [2.24, 2.45) is 5.73 Å². The highest BCUT2D eigenvalue weighted by Gasteiger charge is 2.31. The molecule has 0 radical (unpaired) electrons. The molecule has 0 spiro atoms. The van der Waals surface area contributed by atoms with Crippen molar-refractivity contribution in [3.63, 3.8) is 0 Å². The molecular weight excluding hydrogens is 219 g/mol. The maximum atomic E-state index is 12.5. The van der Waals surface area contributed by atoms with Gasteiger partial charge in [-0.25, -0.2) is 0 Å². The molecule has 5 heteroatoms. The Hall–Kier alpha value is -1.49. The molecule has 0 saturated carbocycles. The lowest BCUT2D eigenvalue weighted by Crippen LogP contribution is -2.05. The van der Waals surface area contributed by atoms with Crippen LogP contribution in [0.5, 0.6) is 5.75 Å². The summed E-state index contributed by atoms with van der Waals surface area (Å²) in [6.07, 6.45) is -1.27. The molecule has 88 valence electrons. The zero-order chi connectivity index (χ0) is 12.2. The second kappa shape index (κ2) is 5.03. The lowest BCUT2D eigenvalue weighted by molar-refractivity contribution is -0.137. The van der Waals surface area contributed by atoms with Crippen molar-refractivity contribution in [3.8, 4) is 5.75 Å². The zero-order valence-corrected chi connectivity index (χ0v) is 8.71. The van der Waals surface area contributed by atoms with Crippen LogP contribution in [0.25, 0.3) is 6.08 Å². The van der Waals surface area contributed by atoms with Crippen LogP contribution < -0.4 is 10.5 Å². The van der Waals surface area contributed by atoms with Gasteiger partial charge in [-0.05, 0) is 23.8 Å². The number of halogens is 3. The highest BCUT2D eigenvalue weighted by atomic mass is 19.4. The molecule has 0 heterocycles. The minimum atomic E-state index is -4.38. The molecule has 1 aromatic rings. The maximum Gasteiger partial charge on any atom is 0.416 e. The van der Waals surface area contributed by atoms with E-state index < -0.39 is 11.7 Å². The van der Waals surface area contributed by atoms with Gasteiger partial charge in [0.1, 0.15) is 5.75 Å². The van der Waals surface area contributed by atoms with Crippen molar-refractivity contribution >= 4 is 6.08 Å². The fourth-order valence-electron chi connectivity index (χ4n) is 1.20. The first-order valence-electron chi connectivity index (χ1n) is 4.60. The average Bonchev–Trinajstić information content (AvgIpc) is 2.24. The van der Waals surface area contributed by atoms with Crippen LogP contribution in [0, 0.1) is 0 Å². The van der Waals surface area contributed by atoms with Crippen LogP contribution in [0.15, 0.2) is 24.3 Å². The first-order chi connectivity index (χ1) is 7.47. The smallest absolute Gasteiger partial charge is 0.416 e. The minimum Gasteiger partial charge on any atom is -0.497 e. The van der Waals surface area contributed by atoms with Crippen molar-refractivity contribution in [2.45, 2.75) is 6.18 Å². The van der Waals surface area contributed by atoms with Gasteiger partial charge in [0, 0.05) is 6.54 Å². The second-order valence-corrected chi connectivity index (χ2v) is 3.13. The lowest BCUT2D eigenvalue weighted by atomic mass is 10.1. The minimum absolute atomic E-state index is 0.173. The Morgan fingerprint density at radius 2 is 2.00 bits per heavy atom. The first-order valence-corrected chi connectivity index (χ1v) is 4.60. The highest BCUT2D eigenvalue weighted by molar-refractivity contribution is 5.54. The predicted molar refractivity (Wildman–Crippen MR) is 56.1 cm³/mol.